The first kappa shape index (κ1) is 17.7. The molecule has 3 aromatic rings. The second-order valence-electron chi connectivity index (χ2n) is 7.04. The van der Waals surface area contributed by atoms with E-state index in [1.165, 1.54) is 18.3 Å². The number of hydrogen-bond donors (Lipinski definition) is 1. The van der Waals surface area contributed by atoms with E-state index in [2.05, 4.69) is 29.1 Å². The minimum atomic E-state index is -0.486. The first-order chi connectivity index (χ1) is 13.4. The van der Waals surface area contributed by atoms with Gasteiger partial charge in [0.25, 0.3) is 0 Å². The maximum atomic E-state index is 11.1. The fraction of sp³-hybridized carbons (Fsp3) is 0.200. The van der Waals surface area contributed by atoms with Crippen molar-refractivity contribution < 1.29 is 14.4 Å². The van der Waals surface area contributed by atoms with Gasteiger partial charge < -0.3 is 14.8 Å². The first-order valence-electron chi connectivity index (χ1n) is 8.71. The summed E-state index contributed by atoms with van der Waals surface area (Å²) >= 11 is 0. The molecule has 4 rings (SSSR count). The number of nitrogens with zero attached hydrogens (tertiary/aromatic N) is 3. The SMILES string of the molecule is CC1(C)COc2cccc(Oc3ccc(Nc4ncccc4[N+](=O)[O-])cn3)c21. The van der Waals surface area contributed by atoms with E-state index >= 15 is 0 Å². The second kappa shape index (κ2) is 6.80. The molecule has 8 nitrogen and oxygen atoms in total. The number of fused-ring (bicyclic) bond motifs is 1. The molecule has 0 atom stereocenters. The highest BCUT2D eigenvalue weighted by Gasteiger charge is 2.35. The number of hydrogen-bond acceptors (Lipinski definition) is 7. The number of anilines is 2. The van der Waals surface area contributed by atoms with E-state index in [-0.39, 0.29) is 16.9 Å². The number of nitrogens with one attached hydrogen (secondary N) is 1. The van der Waals surface area contributed by atoms with Crippen molar-refractivity contribution in [3.8, 4) is 17.4 Å². The molecule has 1 aliphatic rings. The minimum absolute atomic E-state index is 0.107. The summed E-state index contributed by atoms with van der Waals surface area (Å²) in [5.74, 6) is 2.09. The van der Waals surface area contributed by atoms with Gasteiger partial charge >= 0.3 is 5.69 Å². The molecule has 0 unspecified atom stereocenters. The monoisotopic (exact) mass is 378 g/mol. The van der Waals surface area contributed by atoms with Crippen LogP contribution < -0.4 is 14.8 Å². The van der Waals surface area contributed by atoms with E-state index in [4.69, 9.17) is 9.47 Å². The summed E-state index contributed by atoms with van der Waals surface area (Å²) < 4.78 is 11.7. The number of rotatable bonds is 5. The summed E-state index contributed by atoms with van der Waals surface area (Å²) in [5.41, 5.74) is 1.33. The van der Waals surface area contributed by atoms with Crippen LogP contribution in [0.15, 0.2) is 54.9 Å². The van der Waals surface area contributed by atoms with Gasteiger partial charge in [0.2, 0.25) is 11.7 Å². The maximum absolute atomic E-state index is 11.1. The third kappa shape index (κ3) is 3.32. The molecule has 142 valence electrons. The van der Waals surface area contributed by atoms with Gasteiger partial charge in [-0.15, -0.1) is 0 Å². The maximum Gasteiger partial charge on any atom is 0.311 e. The molecule has 1 N–H and O–H groups in total. The average molecular weight is 378 g/mol. The average Bonchev–Trinajstić information content (AvgIpc) is 2.99. The smallest absolute Gasteiger partial charge is 0.311 e. The number of nitro groups is 1. The van der Waals surface area contributed by atoms with Crippen molar-refractivity contribution in [3.05, 3.63) is 70.5 Å². The van der Waals surface area contributed by atoms with Crippen LogP contribution in [-0.2, 0) is 5.41 Å². The molecule has 8 heteroatoms. The largest absolute Gasteiger partial charge is 0.492 e. The Morgan fingerprint density at radius 1 is 1.18 bits per heavy atom. The zero-order valence-corrected chi connectivity index (χ0v) is 15.4. The Labute approximate surface area is 161 Å². The normalized spacial score (nSPS) is 14.1. The number of benzene rings is 1. The fourth-order valence-corrected chi connectivity index (χ4v) is 3.12. The van der Waals surface area contributed by atoms with E-state index in [1.807, 2.05) is 18.2 Å². The highest BCUT2D eigenvalue weighted by atomic mass is 16.6. The lowest BCUT2D eigenvalue weighted by atomic mass is 9.86. The van der Waals surface area contributed by atoms with E-state index in [0.717, 1.165) is 11.3 Å². The Balaban J connectivity index is 1.55. The molecule has 1 aliphatic heterocycles. The van der Waals surface area contributed by atoms with Gasteiger partial charge in [0.15, 0.2) is 0 Å². The van der Waals surface area contributed by atoms with Gasteiger partial charge in [0.1, 0.15) is 11.5 Å². The van der Waals surface area contributed by atoms with Crippen molar-refractivity contribution in [2.24, 2.45) is 0 Å². The fourth-order valence-electron chi connectivity index (χ4n) is 3.12. The van der Waals surface area contributed by atoms with Crippen molar-refractivity contribution in [3.63, 3.8) is 0 Å². The summed E-state index contributed by atoms with van der Waals surface area (Å²) in [4.78, 5) is 18.9. The molecule has 0 spiro atoms. The molecule has 0 amide bonds. The third-order valence-corrected chi connectivity index (χ3v) is 4.45. The van der Waals surface area contributed by atoms with Crippen LogP contribution in [0.1, 0.15) is 19.4 Å². The first-order valence-corrected chi connectivity index (χ1v) is 8.71. The Hall–Kier alpha value is -3.68. The summed E-state index contributed by atoms with van der Waals surface area (Å²) in [7, 11) is 0. The van der Waals surface area contributed by atoms with E-state index in [0.29, 0.717) is 23.9 Å². The molecule has 0 radical (unpaired) electrons. The molecule has 0 fully saturated rings. The van der Waals surface area contributed by atoms with Crippen molar-refractivity contribution in [1.29, 1.82) is 0 Å². The van der Waals surface area contributed by atoms with E-state index in [9.17, 15) is 10.1 Å². The zero-order chi connectivity index (χ0) is 19.7. The minimum Gasteiger partial charge on any atom is -0.492 e. The molecule has 3 heterocycles. The molecular weight excluding hydrogens is 360 g/mol. The number of aromatic nitrogens is 2. The predicted octanol–water partition coefficient (Wildman–Crippen LogP) is 4.59. The van der Waals surface area contributed by atoms with Gasteiger partial charge in [-0.25, -0.2) is 9.97 Å². The lowest BCUT2D eigenvalue weighted by Crippen LogP contribution is -2.19. The molecule has 0 saturated carbocycles. The number of ether oxygens (including phenoxy) is 2. The molecule has 0 bridgehead atoms. The number of pyridine rings is 2. The lowest BCUT2D eigenvalue weighted by molar-refractivity contribution is -0.384. The van der Waals surface area contributed by atoms with Crippen LogP contribution in [0.4, 0.5) is 17.2 Å². The van der Waals surface area contributed by atoms with Gasteiger partial charge in [-0.1, -0.05) is 19.9 Å². The summed E-state index contributed by atoms with van der Waals surface area (Å²) in [6, 6.07) is 12.0. The molecule has 2 aromatic heterocycles. The summed E-state index contributed by atoms with van der Waals surface area (Å²) in [6.45, 7) is 4.81. The standard InChI is InChI=1S/C20H18N4O4/c1-20(2)12-27-15-6-3-7-16(18(15)20)28-17-9-8-13(11-22-17)23-19-14(24(25)26)5-4-10-21-19/h3-11H,12H2,1-2H3,(H,21,23). The second-order valence-corrected chi connectivity index (χ2v) is 7.04. The topological polar surface area (TPSA) is 99.4 Å². The molecule has 0 aliphatic carbocycles. The van der Waals surface area contributed by atoms with Crippen molar-refractivity contribution in [1.82, 2.24) is 9.97 Å². The van der Waals surface area contributed by atoms with Gasteiger partial charge in [-0.3, -0.25) is 10.1 Å². The lowest BCUT2D eigenvalue weighted by Gasteiger charge is -2.18. The Morgan fingerprint density at radius 3 is 2.79 bits per heavy atom. The molecule has 1 aromatic carbocycles. The van der Waals surface area contributed by atoms with Crippen molar-refractivity contribution >= 4 is 17.2 Å². The Kier molecular flexibility index (Phi) is 4.31. The van der Waals surface area contributed by atoms with Crippen molar-refractivity contribution in [2.45, 2.75) is 19.3 Å². The molecule has 28 heavy (non-hydrogen) atoms. The van der Waals surface area contributed by atoms with Crippen LogP contribution in [-0.4, -0.2) is 21.5 Å². The third-order valence-electron chi connectivity index (χ3n) is 4.45. The van der Waals surface area contributed by atoms with Gasteiger partial charge in [-0.2, -0.15) is 0 Å². The van der Waals surface area contributed by atoms with Crippen LogP contribution in [0.3, 0.4) is 0 Å². The Morgan fingerprint density at radius 2 is 2.04 bits per heavy atom. The van der Waals surface area contributed by atoms with Gasteiger partial charge in [0.05, 0.1) is 23.4 Å². The van der Waals surface area contributed by atoms with Crippen LogP contribution >= 0.6 is 0 Å². The summed E-state index contributed by atoms with van der Waals surface area (Å²) in [6.07, 6.45) is 3.03. The zero-order valence-electron chi connectivity index (χ0n) is 15.4. The van der Waals surface area contributed by atoms with Gasteiger partial charge in [-0.05, 0) is 24.3 Å². The van der Waals surface area contributed by atoms with Crippen LogP contribution in [0.5, 0.6) is 17.4 Å². The van der Waals surface area contributed by atoms with Crippen molar-refractivity contribution in [2.75, 3.05) is 11.9 Å². The summed E-state index contributed by atoms with van der Waals surface area (Å²) in [5, 5.41) is 14.0. The highest BCUT2D eigenvalue weighted by Crippen LogP contribution is 2.45. The predicted molar refractivity (Wildman–Crippen MR) is 103 cm³/mol. The van der Waals surface area contributed by atoms with E-state index < -0.39 is 4.92 Å². The van der Waals surface area contributed by atoms with E-state index in [1.54, 1.807) is 18.3 Å². The highest BCUT2D eigenvalue weighted by molar-refractivity contribution is 5.64. The molecular formula is C20H18N4O4. The van der Waals surface area contributed by atoms with Gasteiger partial charge in [0, 0.05) is 29.3 Å². The van der Waals surface area contributed by atoms with Crippen LogP contribution in [0, 0.1) is 10.1 Å². The Bertz CT molecular complexity index is 1030. The van der Waals surface area contributed by atoms with Crippen LogP contribution in [0.2, 0.25) is 0 Å². The molecule has 0 saturated heterocycles. The quantitative estimate of drug-likeness (QED) is 0.512. The van der Waals surface area contributed by atoms with Crippen LogP contribution in [0.25, 0.3) is 0 Å².